The van der Waals surface area contributed by atoms with Crippen molar-refractivity contribution in [2.75, 3.05) is 18.5 Å². The summed E-state index contributed by atoms with van der Waals surface area (Å²) in [4.78, 5) is 6.44. The number of unbranched alkanes of at least 4 members (excludes halogenated alkanes) is 2. The molecule has 0 aliphatic carbocycles. The number of hydrogen-bond acceptors (Lipinski definition) is 2. The highest BCUT2D eigenvalue weighted by molar-refractivity contribution is 6.16. The Hall–Kier alpha value is -0.760. The summed E-state index contributed by atoms with van der Waals surface area (Å²) >= 11 is 5.75. The van der Waals surface area contributed by atoms with E-state index in [-0.39, 0.29) is 0 Å². The molecule has 0 unspecified atom stereocenters. The van der Waals surface area contributed by atoms with Crippen LogP contribution < -0.4 is 4.90 Å². The summed E-state index contributed by atoms with van der Waals surface area (Å²) in [5.41, 5.74) is 2.15. The second-order valence-electron chi connectivity index (χ2n) is 3.77. The number of aromatic nitrogens is 1. The number of pyridine rings is 1. The number of anilines is 1. The summed E-state index contributed by atoms with van der Waals surface area (Å²) < 4.78 is 0. The molecule has 1 heterocycles. The zero-order chi connectivity index (χ0) is 11.1. The SMILES string of the molecule is CCCCCN(C)c1ccnc(CCl)c1. The molecular formula is C12H19ClN2. The van der Waals surface area contributed by atoms with Crippen molar-refractivity contribution < 1.29 is 0 Å². The predicted molar refractivity (Wildman–Crippen MR) is 66.6 cm³/mol. The first-order chi connectivity index (χ1) is 7.27. The van der Waals surface area contributed by atoms with Crippen LogP contribution in [0.5, 0.6) is 0 Å². The average Bonchev–Trinajstić information content (AvgIpc) is 2.29. The smallest absolute Gasteiger partial charge is 0.0648 e. The van der Waals surface area contributed by atoms with Crippen LogP contribution in [-0.4, -0.2) is 18.6 Å². The average molecular weight is 227 g/mol. The Kier molecular flexibility index (Phi) is 5.48. The maximum absolute atomic E-state index is 5.75. The molecule has 1 rings (SSSR count). The molecule has 0 fully saturated rings. The highest BCUT2D eigenvalue weighted by Gasteiger charge is 2.01. The molecule has 0 amide bonds. The summed E-state index contributed by atoms with van der Waals surface area (Å²) in [7, 11) is 2.11. The first-order valence-corrected chi connectivity index (χ1v) is 6.03. The summed E-state index contributed by atoms with van der Waals surface area (Å²) in [6, 6.07) is 4.08. The molecule has 1 aromatic heterocycles. The van der Waals surface area contributed by atoms with Crippen LogP contribution in [0.1, 0.15) is 31.9 Å². The normalized spacial score (nSPS) is 10.3. The molecule has 0 N–H and O–H groups in total. The lowest BCUT2D eigenvalue weighted by Gasteiger charge is -2.19. The van der Waals surface area contributed by atoms with Crippen molar-refractivity contribution in [2.24, 2.45) is 0 Å². The minimum Gasteiger partial charge on any atom is -0.375 e. The summed E-state index contributed by atoms with van der Waals surface area (Å²) in [5.74, 6) is 0.483. The van der Waals surface area contributed by atoms with E-state index in [2.05, 4.69) is 29.9 Å². The largest absolute Gasteiger partial charge is 0.375 e. The quantitative estimate of drug-likeness (QED) is 0.546. The molecule has 1 aromatic rings. The van der Waals surface area contributed by atoms with Gasteiger partial charge in [-0.05, 0) is 18.6 Å². The van der Waals surface area contributed by atoms with Crippen LogP contribution in [0.2, 0.25) is 0 Å². The summed E-state index contributed by atoms with van der Waals surface area (Å²) in [5, 5.41) is 0. The monoisotopic (exact) mass is 226 g/mol. The van der Waals surface area contributed by atoms with Crippen molar-refractivity contribution in [2.45, 2.75) is 32.1 Å². The summed E-state index contributed by atoms with van der Waals surface area (Å²) in [6.45, 7) is 3.32. The van der Waals surface area contributed by atoms with Gasteiger partial charge in [0, 0.05) is 25.5 Å². The van der Waals surface area contributed by atoms with Gasteiger partial charge in [-0.2, -0.15) is 0 Å². The van der Waals surface area contributed by atoms with Crippen LogP contribution in [0.3, 0.4) is 0 Å². The molecule has 2 nitrogen and oxygen atoms in total. The predicted octanol–water partition coefficient (Wildman–Crippen LogP) is 3.45. The molecule has 3 heteroatoms. The molecule has 0 spiro atoms. The number of hydrogen-bond donors (Lipinski definition) is 0. The highest BCUT2D eigenvalue weighted by atomic mass is 35.5. The maximum Gasteiger partial charge on any atom is 0.0648 e. The Morgan fingerprint density at radius 3 is 2.87 bits per heavy atom. The fourth-order valence-electron chi connectivity index (χ4n) is 1.50. The van der Waals surface area contributed by atoms with Gasteiger partial charge in [0.15, 0.2) is 0 Å². The van der Waals surface area contributed by atoms with Crippen LogP contribution in [0.4, 0.5) is 5.69 Å². The molecule has 0 saturated heterocycles. The van der Waals surface area contributed by atoms with Crippen molar-refractivity contribution >= 4 is 17.3 Å². The van der Waals surface area contributed by atoms with Gasteiger partial charge in [0.2, 0.25) is 0 Å². The third-order valence-electron chi connectivity index (χ3n) is 2.47. The van der Waals surface area contributed by atoms with Gasteiger partial charge in [-0.1, -0.05) is 19.8 Å². The minimum absolute atomic E-state index is 0.483. The molecule has 0 bridgehead atoms. The fourth-order valence-corrected chi connectivity index (χ4v) is 1.65. The van der Waals surface area contributed by atoms with E-state index in [1.807, 2.05) is 12.3 Å². The van der Waals surface area contributed by atoms with Crippen molar-refractivity contribution in [3.8, 4) is 0 Å². The lowest BCUT2D eigenvalue weighted by atomic mass is 10.2. The van der Waals surface area contributed by atoms with Gasteiger partial charge in [0.1, 0.15) is 0 Å². The van der Waals surface area contributed by atoms with Gasteiger partial charge in [0.05, 0.1) is 11.6 Å². The summed E-state index contributed by atoms with van der Waals surface area (Å²) in [6.07, 6.45) is 5.61. The van der Waals surface area contributed by atoms with Crippen LogP contribution in [-0.2, 0) is 5.88 Å². The van der Waals surface area contributed by atoms with E-state index in [1.165, 1.54) is 24.9 Å². The fraction of sp³-hybridized carbons (Fsp3) is 0.583. The zero-order valence-corrected chi connectivity index (χ0v) is 10.3. The second-order valence-corrected chi connectivity index (χ2v) is 4.03. The molecule has 0 aromatic carbocycles. The number of nitrogens with zero attached hydrogens (tertiary/aromatic N) is 2. The third-order valence-corrected chi connectivity index (χ3v) is 2.75. The van der Waals surface area contributed by atoms with Crippen LogP contribution in [0, 0.1) is 0 Å². The van der Waals surface area contributed by atoms with Crippen molar-refractivity contribution in [1.29, 1.82) is 0 Å². The molecule has 0 atom stereocenters. The van der Waals surface area contributed by atoms with Gasteiger partial charge < -0.3 is 4.90 Å². The van der Waals surface area contributed by atoms with Gasteiger partial charge in [0.25, 0.3) is 0 Å². The first kappa shape index (κ1) is 12.3. The zero-order valence-electron chi connectivity index (χ0n) is 9.54. The van der Waals surface area contributed by atoms with E-state index in [1.54, 1.807) is 0 Å². The minimum atomic E-state index is 0.483. The van der Waals surface area contributed by atoms with E-state index in [9.17, 15) is 0 Å². The van der Waals surface area contributed by atoms with E-state index >= 15 is 0 Å². The lowest BCUT2D eigenvalue weighted by Crippen LogP contribution is -2.18. The molecule has 0 saturated carbocycles. The number of rotatable bonds is 6. The van der Waals surface area contributed by atoms with Crippen LogP contribution >= 0.6 is 11.6 Å². The molecule has 15 heavy (non-hydrogen) atoms. The topological polar surface area (TPSA) is 16.1 Å². The lowest BCUT2D eigenvalue weighted by molar-refractivity contribution is 0.705. The Bertz CT molecular complexity index is 289. The Balaban J connectivity index is 2.52. The van der Waals surface area contributed by atoms with Gasteiger partial charge in [-0.25, -0.2) is 0 Å². The van der Waals surface area contributed by atoms with Crippen molar-refractivity contribution in [1.82, 2.24) is 4.98 Å². The van der Waals surface area contributed by atoms with Gasteiger partial charge >= 0.3 is 0 Å². The molecule has 84 valence electrons. The molecule has 0 radical (unpaired) electrons. The highest BCUT2D eigenvalue weighted by Crippen LogP contribution is 2.14. The Labute approximate surface area is 97.3 Å². The van der Waals surface area contributed by atoms with E-state index in [4.69, 9.17) is 11.6 Å². The number of alkyl halides is 1. The maximum atomic E-state index is 5.75. The van der Waals surface area contributed by atoms with Gasteiger partial charge in [-0.15, -0.1) is 11.6 Å². The number of halogens is 1. The van der Waals surface area contributed by atoms with Crippen molar-refractivity contribution in [3.63, 3.8) is 0 Å². The van der Waals surface area contributed by atoms with Gasteiger partial charge in [-0.3, -0.25) is 4.98 Å². The molecule has 0 aliphatic heterocycles. The Morgan fingerprint density at radius 1 is 1.40 bits per heavy atom. The van der Waals surface area contributed by atoms with E-state index in [0.717, 1.165) is 12.2 Å². The van der Waals surface area contributed by atoms with Crippen LogP contribution in [0.15, 0.2) is 18.3 Å². The second kappa shape index (κ2) is 6.67. The van der Waals surface area contributed by atoms with E-state index in [0.29, 0.717) is 5.88 Å². The van der Waals surface area contributed by atoms with Crippen molar-refractivity contribution in [3.05, 3.63) is 24.0 Å². The Morgan fingerprint density at radius 2 is 2.20 bits per heavy atom. The third kappa shape index (κ3) is 4.08. The molecular weight excluding hydrogens is 208 g/mol. The first-order valence-electron chi connectivity index (χ1n) is 5.50. The standard InChI is InChI=1S/C12H19ClN2/c1-3-4-5-8-15(2)12-6-7-14-11(9-12)10-13/h6-7,9H,3-5,8,10H2,1-2H3. The molecule has 0 aliphatic rings. The van der Waals surface area contributed by atoms with Crippen LogP contribution in [0.25, 0.3) is 0 Å². The van der Waals surface area contributed by atoms with E-state index < -0.39 is 0 Å².